The van der Waals surface area contributed by atoms with E-state index in [9.17, 15) is 76.5 Å². The van der Waals surface area contributed by atoms with Crippen LogP contribution in [0.5, 0.6) is 0 Å². The first-order chi connectivity index (χ1) is 34.1. The monoisotopic (exact) mass is 1060 g/mol. The number of carbonyl (C=O) groups excluding carboxylic acids is 11. The van der Waals surface area contributed by atoms with Gasteiger partial charge in [-0.25, -0.2) is 13.1 Å². The molecule has 30 heteroatoms. The molecule has 0 fully saturated rings. The average molecular weight is 1060 g/mol. The number of primary amides is 3. The largest absolute Gasteiger partial charge is 0.394 e. The zero-order chi connectivity index (χ0) is 55.7. The molecule has 1 rings (SSSR count). The molecule has 410 valence electrons. The highest BCUT2D eigenvalue weighted by Crippen LogP contribution is 2.13. The lowest BCUT2D eigenvalue weighted by Gasteiger charge is -2.29. The van der Waals surface area contributed by atoms with Gasteiger partial charge in [-0.3, -0.25) is 52.7 Å². The normalized spacial score (nSPS) is 15.4. The zero-order valence-electron chi connectivity index (χ0n) is 41.2. The van der Waals surface area contributed by atoms with Crippen LogP contribution in [-0.2, 0) is 69.2 Å². The maximum absolute atomic E-state index is 13.8. The first-order valence-corrected chi connectivity index (χ1v) is 24.6. The van der Waals surface area contributed by atoms with Crippen molar-refractivity contribution >= 4 is 75.0 Å². The van der Waals surface area contributed by atoms with E-state index in [1.807, 2.05) is 10.0 Å². The lowest BCUT2D eigenvalue weighted by molar-refractivity contribution is -0.136. The van der Waals surface area contributed by atoms with E-state index in [4.69, 9.17) is 22.9 Å². The molecule has 29 nitrogen and oxygen atoms in total. The summed E-state index contributed by atoms with van der Waals surface area (Å²) in [5, 5.41) is 46.9. The standard InChI is InChI=1S/C43H71N13O16S/c1-6-22(4)35(43(70)50-25(12-21(2)3)20-73(71,72)56-31(19-59)42(69)54-30(18-58)36(47)63)55-37(64)23(5)49-34(62)16-48-39(66)27(13-24-10-8-7-9-11-24)52-41(68)29(15-33(46)61)53-40(67)28(14-32(45)60)51-38(65)26(44)17-57/h7-11,21-23,25-31,35,56-59H,6,12-20,44H2,1-5H3,(H2,45,60)(H2,46,61)(H2,47,63)(H,48,66)(H,49,62)(H,50,70)(H,51,65)(H,52,68)(H,53,67)(H,54,69)(H,55,64)/t22-,23-,25-,26-,27-,28-,29-,30-,31-,35-/m0/s1. The van der Waals surface area contributed by atoms with E-state index in [1.54, 1.807) is 58.0 Å². The van der Waals surface area contributed by atoms with Gasteiger partial charge in [-0.2, -0.15) is 0 Å². The Labute approximate surface area is 421 Å². The summed E-state index contributed by atoms with van der Waals surface area (Å²) in [4.78, 5) is 141. The number of benzene rings is 1. The summed E-state index contributed by atoms with van der Waals surface area (Å²) in [6.07, 6.45) is -1.43. The van der Waals surface area contributed by atoms with Crippen molar-refractivity contribution in [1.29, 1.82) is 0 Å². The summed E-state index contributed by atoms with van der Waals surface area (Å²) < 4.78 is 28.5. The Morgan fingerprint density at radius 2 is 1.10 bits per heavy atom. The molecule has 0 saturated heterocycles. The van der Waals surface area contributed by atoms with Gasteiger partial charge in [0.15, 0.2) is 0 Å². The van der Waals surface area contributed by atoms with Crippen molar-refractivity contribution in [3.63, 3.8) is 0 Å². The maximum Gasteiger partial charge on any atom is 0.243 e. The van der Waals surface area contributed by atoms with Crippen LogP contribution >= 0.6 is 0 Å². The molecule has 73 heavy (non-hydrogen) atoms. The quantitative estimate of drug-likeness (QED) is 0.0305. The molecular formula is C43H71N13O16S. The first kappa shape index (κ1) is 64.2. The van der Waals surface area contributed by atoms with Gasteiger partial charge in [-0.05, 0) is 30.7 Å². The number of aliphatic hydroxyl groups is 3. The van der Waals surface area contributed by atoms with E-state index >= 15 is 0 Å². The van der Waals surface area contributed by atoms with E-state index in [-0.39, 0.29) is 18.8 Å². The Balaban J connectivity index is 3.20. The maximum atomic E-state index is 13.8. The van der Waals surface area contributed by atoms with Crippen molar-refractivity contribution in [1.82, 2.24) is 47.3 Å². The summed E-state index contributed by atoms with van der Waals surface area (Å²) in [5.41, 5.74) is 21.6. The molecule has 1 aromatic carbocycles. The summed E-state index contributed by atoms with van der Waals surface area (Å²) in [5.74, 6) is -12.9. The van der Waals surface area contributed by atoms with Crippen LogP contribution in [0.15, 0.2) is 30.3 Å². The van der Waals surface area contributed by atoms with Gasteiger partial charge in [0.05, 0.1) is 45.0 Å². The molecule has 10 atom stereocenters. The van der Waals surface area contributed by atoms with Crippen LogP contribution in [-0.4, -0.2) is 175 Å². The fraction of sp³-hybridized carbons (Fsp3) is 0.605. The minimum Gasteiger partial charge on any atom is -0.394 e. The molecule has 20 N–H and O–H groups in total. The fourth-order valence-corrected chi connectivity index (χ4v) is 8.09. The number of hydrogen-bond donors (Lipinski definition) is 16. The Hall–Kier alpha value is -6.86. The Bertz CT molecular complexity index is 2200. The van der Waals surface area contributed by atoms with Crippen LogP contribution in [0.3, 0.4) is 0 Å². The number of nitrogens with one attached hydrogen (secondary N) is 9. The lowest BCUT2D eigenvalue weighted by Crippen LogP contribution is -2.59. The van der Waals surface area contributed by atoms with E-state index in [2.05, 4.69) is 37.2 Å². The molecule has 0 aromatic heterocycles. The molecule has 11 amide bonds. The molecule has 0 spiro atoms. The van der Waals surface area contributed by atoms with E-state index < -0.39 is 180 Å². The molecule has 0 unspecified atom stereocenters. The van der Waals surface area contributed by atoms with Gasteiger partial charge in [-0.15, -0.1) is 0 Å². The van der Waals surface area contributed by atoms with Crippen molar-refractivity contribution in [3.05, 3.63) is 35.9 Å². The van der Waals surface area contributed by atoms with Crippen LogP contribution < -0.4 is 70.2 Å². The minimum atomic E-state index is -4.47. The SMILES string of the molecule is CC[C@H](C)[C@H](NC(=O)[C@H](C)NC(=O)CNC(=O)[C@H](Cc1ccccc1)NC(=O)[C@H](CC(N)=O)NC(=O)[C@H](CC(N)=O)NC(=O)[C@@H](N)CO)C(=O)N[C@@H](CC(C)C)CS(=O)(=O)N[C@@H](CO)C(=O)N[C@@H](CO)C(N)=O. The van der Waals surface area contributed by atoms with Gasteiger partial charge in [0.1, 0.15) is 48.3 Å². The van der Waals surface area contributed by atoms with E-state index in [1.165, 1.54) is 6.92 Å². The summed E-state index contributed by atoms with van der Waals surface area (Å²) in [7, 11) is -4.47. The van der Waals surface area contributed by atoms with Crippen molar-refractivity contribution in [2.24, 2.45) is 34.8 Å². The molecule has 0 aliphatic heterocycles. The molecule has 0 radical (unpaired) electrons. The number of rotatable bonds is 34. The van der Waals surface area contributed by atoms with Gasteiger partial charge in [0.25, 0.3) is 0 Å². The highest BCUT2D eigenvalue weighted by Gasteiger charge is 2.35. The molecule has 0 aliphatic carbocycles. The Morgan fingerprint density at radius 1 is 0.589 bits per heavy atom. The van der Waals surface area contributed by atoms with Gasteiger partial charge in [0.2, 0.25) is 75.0 Å². The molecule has 0 heterocycles. The third-order valence-electron chi connectivity index (χ3n) is 10.7. The number of aliphatic hydroxyl groups excluding tert-OH is 3. The van der Waals surface area contributed by atoms with Gasteiger partial charge < -0.3 is 80.8 Å². The smallest absolute Gasteiger partial charge is 0.243 e. The number of carbonyl (C=O) groups is 11. The number of nitrogens with two attached hydrogens (primary N) is 4. The second kappa shape index (κ2) is 31.6. The molecular weight excluding hydrogens is 987 g/mol. The fourth-order valence-electron chi connectivity index (χ4n) is 6.63. The topological polar surface area (TPSA) is 495 Å². The van der Waals surface area contributed by atoms with Crippen molar-refractivity contribution in [2.75, 3.05) is 32.1 Å². The molecule has 0 saturated carbocycles. The zero-order valence-corrected chi connectivity index (χ0v) is 42.0. The van der Waals surface area contributed by atoms with Crippen molar-refractivity contribution in [3.8, 4) is 0 Å². The summed E-state index contributed by atoms with van der Waals surface area (Å²) in [6, 6.07) is -5.51. The summed E-state index contributed by atoms with van der Waals surface area (Å²) >= 11 is 0. The predicted molar refractivity (Wildman–Crippen MR) is 258 cm³/mol. The third-order valence-corrected chi connectivity index (χ3v) is 12.2. The van der Waals surface area contributed by atoms with Crippen LogP contribution in [0.1, 0.15) is 65.9 Å². The Kier molecular flexibility index (Phi) is 27.7. The van der Waals surface area contributed by atoms with E-state index in [0.717, 1.165) is 0 Å². The van der Waals surface area contributed by atoms with E-state index in [0.29, 0.717) is 12.0 Å². The first-order valence-electron chi connectivity index (χ1n) is 22.9. The molecule has 1 aromatic rings. The van der Waals surface area contributed by atoms with Gasteiger partial charge in [-0.1, -0.05) is 64.4 Å². The highest BCUT2D eigenvalue weighted by atomic mass is 32.2. The lowest BCUT2D eigenvalue weighted by atomic mass is 9.97. The van der Waals surface area contributed by atoms with Crippen LogP contribution in [0.4, 0.5) is 0 Å². The summed E-state index contributed by atoms with van der Waals surface area (Å²) in [6.45, 7) is 4.53. The second-order valence-corrected chi connectivity index (χ2v) is 19.3. The molecule has 0 bridgehead atoms. The highest BCUT2D eigenvalue weighted by molar-refractivity contribution is 7.89. The minimum absolute atomic E-state index is 0.0824. The second-order valence-electron chi connectivity index (χ2n) is 17.5. The average Bonchev–Trinajstić information content (AvgIpc) is 3.31. The van der Waals surface area contributed by atoms with Crippen LogP contribution in [0.2, 0.25) is 0 Å². The number of sulfonamides is 1. The number of amides is 11. The predicted octanol–water partition coefficient (Wildman–Crippen LogP) is -8.32. The molecule has 0 aliphatic rings. The van der Waals surface area contributed by atoms with Crippen molar-refractivity contribution < 1.29 is 76.5 Å². The van der Waals surface area contributed by atoms with Crippen molar-refractivity contribution in [2.45, 2.75) is 121 Å². The van der Waals surface area contributed by atoms with Crippen LogP contribution in [0, 0.1) is 11.8 Å². The van der Waals surface area contributed by atoms with Gasteiger partial charge in [0, 0.05) is 12.5 Å². The van der Waals surface area contributed by atoms with Gasteiger partial charge >= 0.3 is 0 Å². The number of hydrogen-bond acceptors (Lipinski definition) is 17. The Morgan fingerprint density at radius 3 is 1.58 bits per heavy atom. The van der Waals surface area contributed by atoms with Crippen LogP contribution in [0.25, 0.3) is 0 Å². The third kappa shape index (κ3) is 23.9.